The van der Waals surface area contributed by atoms with E-state index in [0.717, 1.165) is 10.1 Å². The SMILES string of the molecule is Cc1nc(CNC(=O)Cn2nc(C)c3ccccc3c2=O)cc(=O)[nH]1. The van der Waals surface area contributed by atoms with Gasteiger partial charge in [0.2, 0.25) is 5.91 Å². The molecule has 3 aromatic rings. The molecule has 0 aliphatic carbocycles. The molecule has 2 aromatic heterocycles. The summed E-state index contributed by atoms with van der Waals surface area (Å²) in [6, 6.07) is 8.46. The maximum atomic E-state index is 12.4. The molecule has 0 bridgehead atoms. The molecule has 0 spiro atoms. The molecule has 0 fully saturated rings. The summed E-state index contributed by atoms with van der Waals surface area (Å²) < 4.78 is 1.14. The number of carbonyl (C=O) groups excluding carboxylic acids is 1. The van der Waals surface area contributed by atoms with E-state index in [9.17, 15) is 14.4 Å². The second-order valence-corrected chi connectivity index (χ2v) is 5.69. The van der Waals surface area contributed by atoms with Gasteiger partial charge in [-0.1, -0.05) is 18.2 Å². The molecule has 2 heterocycles. The summed E-state index contributed by atoms with van der Waals surface area (Å²) in [5.41, 5.74) is 0.528. The highest BCUT2D eigenvalue weighted by Gasteiger charge is 2.11. The number of hydrogen-bond donors (Lipinski definition) is 2. The summed E-state index contributed by atoms with van der Waals surface area (Å²) in [6.45, 7) is 3.35. The third-order valence-corrected chi connectivity index (χ3v) is 3.73. The van der Waals surface area contributed by atoms with Crippen LogP contribution >= 0.6 is 0 Å². The molecule has 0 radical (unpaired) electrons. The standard InChI is InChI=1S/C17H17N5O3/c1-10-13-5-3-4-6-14(13)17(25)22(21-10)9-16(24)18-8-12-7-15(23)20-11(2)19-12/h3-7H,8-9H2,1-2H3,(H,18,24)(H,19,20,23). The fraction of sp³-hybridized carbons (Fsp3) is 0.235. The average Bonchev–Trinajstić information content (AvgIpc) is 2.57. The summed E-state index contributed by atoms with van der Waals surface area (Å²) in [6.07, 6.45) is 0. The number of aromatic nitrogens is 4. The van der Waals surface area contributed by atoms with E-state index in [2.05, 4.69) is 20.4 Å². The molecule has 0 saturated carbocycles. The van der Waals surface area contributed by atoms with Gasteiger partial charge in [0.1, 0.15) is 12.4 Å². The van der Waals surface area contributed by atoms with Crippen molar-refractivity contribution in [3.05, 3.63) is 68.3 Å². The van der Waals surface area contributed by atoms with E-state index in [1.54, 1.807) is 26.0 Å². The molecule has 0 aliphatic rings. The monoisotopic (exact) mass is 339 g/mol. The Balaban J connectivity index is 1.77. The van der Waals surface area contributed by atoms with Crippen molar-refractivity contribution in [1.29, 1.82) is 0 Å². The number of nitrogens with one attached hydrogen (secondary N) is 2. The fourth-order valence-corrected chi connectivity index (χ4v) is 2.62. The van der Waals surface area contributed by atoms with Crippen LogP contribution in [-0.4, -0.2) is 25.7 Å². The Labute approximate surface area is 142 Å². The number of carbonyl (C=O) groups is 1. The fourth-order valence-electron chi connectivity index (χ4n) is 2.62. The van der Waals surface area contributed by atoms with E-state index >= 15 is 0 Å². The Kier molecular flexibility index (Phi) is 4.42. The number of rotatable bonds is 4. The second-order valence-electron chi connectivity index (χ2n) is 5.69. The van der Waals surface area contributed by atoms with E-state index in [1.807, 2.05) is 12.1 Å². The highest BCUT2D eigenvalue weighted by atomic mass is 16.2. The maximum Gasteiger partial charge on any atom is 0.275 e. The van der Waals surface area contributed by atoms with Crippen molar-refractivity contribution in [2.45, 2.75) is 26.9 Å². The van der Waals surface area contributed by atoms with Crippen LogP contribution < -0.4 is 16.4 Å². The molecular weight excluding hydrogens is 322 g/mol. The van der Waals surface area contributed by atoms with Crippen LogP contribution in [0.5, 0.6) is 0 Å². The summed E-state index contributed by atoms with van der Waals surface area (Å²) in [7, 11) is 0. The van der Waals surface area contributed by atoms with Crippen LogP contribution in [0.25, 0.3) is 10.8 Å². The molecule has 3 rings (SSSR count). The first-order valence-electron chi connectivity index (χ1n) is 7.74. The quantitative estimate of drug-likeness (QED) is 0.715. The molecule has 0 unspecified atom stereocenters. The highest BCUT2D eigenvalue weighted by molar-refractivity contribution is 5.83. The van der Waals surface area contributed by atoms with Crippen LogP contribution in [0.3, 0.4) is 0 Å². The van der Waals surface area contributed by atoms with Gasteiger partial charge in [-0.05, 0) is 19.9 Å². The lowest BCUT2D eigenvalue weighted by molar-refractivity contribution is -0.122. The van der Waals surface area contributed by atoms with Gasteiger partial charge in [-0.25, -0.2) is 9.67 Å². The largest absolute Gasteiger partial charge is 0.349 e. The number of nitrogens with zero attached hydrogens (tertiary/aromatic N) is 3. The predicted octanol–water partition coefficient (Wildman–Crippen LogP) is 0.413. The molecule has 0 saturated heterocycles. The van der Waals surface area contributed by atoms with E-state index < -0.39 is 0 Å². The van der Waals surface area contributed by atoms with Gasteiger partial charge in [-0.2, -0.15) is 5.10 Å². The first kappa shape index (κ1) is 16.6. The van der Waals surface area contributed by atoms with Crippen molar-refractivity contribution < 1.29 is 4.79 Å². The number of fused-ring (bicyclic) bond motifs is 1. The number of benzene rings is 1. The molecule has 128 valence electrons. The van der Waals surface area contributed by atoms with Gasteiger partial charge < -0.3 is 10.3 Å². The Bertz CT molecular complexity index is 1070. The third-order valence-electron chi connectivity index (χ3n) is 3.73. The van der Waals surface area contributed by atoms with Crippen molar-refractivity contribution in [2.75, 3.05) is 0 Å². The molecule has 0 atom stereocenters. The zero-order valence-electron chi connectivity index (χ0n) is 13.9. The average molecular weight is 339 g/mol. The first-order chi connectivity index (χ1) is 11.9. The first-order valence-corrected chi connectivity index (χ1v) is 7.74. The number of aryl methyl sites for hydroxylation is 2. The van der Waals surface area contributed by atoms with Gasteiger partial charge in [-0.15, -0.1) is 0 Å². The van der Waals surface area contributed by atoms with E-state index in [-0.39, 0.29) is 30.1 Å². The van der Waals surface area contributed by atoms with Crippen molar-refractivity contribution in [3.8, 4) is 0 Å². The molecule has 1 amide bonds. The Hall–Kier alpha value is -3.29. The van der Waals surface area contributed by atoms with Gasteiger partial charge in [0.25, 0.3) is 11.1 Å². The lowest BCUT2D eigenvalue weighted by Crippen LogP contribution is -2.34. The number of hydrogen-bond acceptors (Lipinski definition) is 5. The number of amides is 1. The van der Waals surface area contributed by atoms with Crippen LogP contribution in [0.15, 0.2) is 39.9 Å². The van der Waals surface area contributed by atoms with Gasteiger partial charge in [0.15, 0.2) is 0 Å². The van der Waals surface area contributed by atoms with Crippen molar-refractivity contribution in [1.82, 2.24) is 25.1 Å². The molecule has 25 heavy (non-hydrogen) atoms. The number of H-pyrrole nitrogens is 1. The second kappa shape index (κ2) is 6.68. The van der Waals surface area contributed by atoms with Gasteiger partial charge in [-0.3, -0.25) is 14.4 Å². The highest BCUT2D eigenvalue weighted by Crippen LogP contribution is 2.11. The van der Waals surface area contributed by atoms with Crippen molar-refractivity contribution >= 4 is 16.7 Å². The van der Waals surface area contributed by atoms with Crippen molar-refractivity contribution in [2.24, 2.45) is 0 Å². The lowest BCUT2D eigenvalue weighted by Gasteiger charge is -2.09. The summed E-state index contributed by atoms with van der Waals surface area (Å²) in [5, 5.41) is 8.13. The van der Waals surface area contributed by atoms with Crippen molar-refractivity contribution in [3.63, 3.8) is 0 Å². The summed E-state index contributed by atoms with van der Waals surface area (Å²) in [5.74, 6) is 0.0869. The predicted molar refractivity (Wildman–Crippen MR) is 92.2 cm³/mol. The van der Waals surface area contributed by atoms with Gasteiger partial charge in [0.05, 0.1) is 23.3 Å². The summed E-state index contributed by atoms with van der Waals surface area (Å²) >= 11 is 0. The van der Waals surface area contributed by atoms with Gasteiger partial charge >= 0.3 is 0 Å². The molecule has 2 N–H and O–H groups in total. The molecule has 1 aromatic carbocycles. The van der Waals surface area contributed by atoms with Crippen LogP contribution in [0.4, 0.5) is 0 Å². The minimum Gasteiger partial charge on any atom is -0.349 e. The summed E-state index contributed by atoms with van der Waals surface area (Å²) in [4.78, 5) is 42.6. The van der Waals surface area contributed by atoms with E-state index in [4.69, 9.17) is 0 Å². The molecule has 8 heteroatoms. The molecular formula is C17H17N5O3. The molecule has 0 aliphatic heterocycles. The third kappa shape index (κ3) is 3.63. The Morgan fingerprint density at radius 3 is 2.64 bits per heavy atom. The maximum absolute atomic E-state index is 12.4. The van der Waals surface area contributed by atoms with Crippen LogP contribution in [-0.2, 0) is 17.9 Å². The Morgan fingerprint density at radius 1 is 1.20 bits per heavy atom. The Morgan fingerprint density at radius 2 is 1.92 bits per heavy atom. The smallest absolute Gasteiger partial charge is 0.275 e. The van der Waals surface area contributed by atoms with Crippen LogP contribution in [0.1, 0.15) is 17.2 Å². The topological polar surface area (TPSA) is 110 Å². The normalized spacial score (nSPS) is 10.8. The minimum absolute atomic E-state index is 0.102. The van der Waals surface area contributed by atoms with Crippen LogP contribution in [0, 0.1) is 13.8 Å². The van der Waals surface area contributed by atoms with Gasteiger partial charge in [0, 0.05) is 11.5 Å². The lowest BCUT2D eigenvalue weighted by atomic mass is 10.1. The van der Waals surface area contributed by atoms with E-state index in [0.29, 0.717) is 22.6 Å². The zero-order chi connectivity index (χ0) is 18.0. The van der Waals surface area contributed by atoms with E-state index in [1.165, 1.54) is 6.07 Å². The zero-order valence-corrected chi connectivity index (χ0v) is 13.9. The minimum atomic E-state index is -0.385. The van der Waals surface area contributed by atoms with Crippen LogP contribution in [0.2, 0.25) is 0 Å². The number of aromatic amines is 1. The molecule has 8 nitrogen and oxygen atoms in total.